The third-order valence-electron chi connectivity index (χ3n) is 4.14. The average Bonchev–Trinajstić information content (AvgIpc) is 2.93. The minimum absolute atomic E-state index is 1.12. The predicted molar refractivity (Wildman–Crippen MR) is 92.1 cm³/mol. The first-order valence-electron chi connectivity index (χ1n) is 6.99. The fourth-order valence-electron chi connectivity index (χ4n) is 3.16. The zero-order chi connectivity index (χ0) is 13.8. The molecule has 1 nitrogen and oxygen atoms in total. The van der Waals surface area contributed by atoms with Crippen molar-refractivity contribution in [2.24, 2.45) is 0 Å². The van der Waals surface area contributed by atoms with Crippen molar-refractivity contribution in [2.45, 2.75) is 0 Å². The monoisotopic (exact) mass is 285 g/mol. The Hall–Kier alpha value is -2.45. The van der Waals surface area contributed by atoms with Gasteiger partial charge in [0.25, 0.3) is 0 Å². The Morgan fingerprint density at radius 1 is 0.619 bits per heavy atom. The highest BCUT2D eigenvalue weighted by Crippen LogP contribution is 2.39. The standard InChI is InChI=1S/C19H11NS/c1-2-5-13-12(4-1)7-8-15-14(13)9-10-16-17-6-3-11-20-19(17)21-18(15)16/h1-11H. The smallest absolute Gasteiger partial charge is 0.124 e. The van der Waals surface area contributed by atoms with Crippen molar-refractivity contribution in [2.75, 3.05) is 0 Å². The van der Waals surface area contributed by atoms with Gasteiger partial charge in [-0.15, -0.1) is 11.3 Å². The summed E-state index contributed by atoms with van der Waals surface area (Å²) in [6.07, 6.45) is 1.87. The van der Waals surface area contributed by atoms with Crippen molar-refractivity contribution < 1.29 is 0 Å². The summed E-state index contributed by atoms with van der Waals surface area (Å²) in [6, 6.07) is 21.7. The SMILES string of the molecule is c1ccc2c(c1)ccc1c2ccc2c3cccnc3sc21. The average molecular weight is 285 g/mol. The van der Waals surface area contributed by atoms with Crippen molar-refractivity contribution >= 4 is 53.2 Å². The second kappa shape index (κ2) is 4.03. The number of hydrogen-bond donors (Lipinski definition) is 0. The summed E-state index contributed by atoms with van der Waals surface area (Å²) in [6.45, 7) is 0. The molecule has 0 aliphatic carbocycles. The molecule has 21 heavy (non-hydrogen) atoms. The first kappa shape index (κ1) is 11.2. The second-order valence-corrected chi connectivity index (χ2v) is 6.28. The lowest BCUT2D eigenvalue weighted by Gasteiger charge is -2.04. The van der Waals surface area contributed by atoms with E-state index in [-0.39, 0.29) is 0 Å². The van der Waals surface area contributed by atoms with Crippen LogP contribution < -0.4 is 0 Å². The summed E-state index contributed by atoms with van der Waals surface area (Å²) in [7, 11) is 0. The van der Waals surface area contributed by atoms with Crippen LogP contribution in [0.2, 0.25) is 0 Å². The molecule has 0 radical (unpaired) electrons. The molecule has 5 aromatic rings. The minimum Gasteiger partial charge on any atom is -0.245 e. The zero-order valence-electron chi connectivity index (χ0n) is 11.2. The van der Waals surface area contributed by atoms with Gasteiger partial charge in [-0.05, 0) is 28.3 Å². The maximum Gasteiger partial charge on any atom is 0.124 e. The fourth-order valence-corrected chi connectivity index (χ4v) is 4.33. The van der Waals surface area contributed by atoms with Gasteiger partial charge in [0.2, 0.25) is 0 Å². The molecule has 0 amide bonds. The molecule has 5 rings (SSSR count). The highest BCUT2D eigenvalue weighted by atomic mass is 32.1. The molecule has 3 aromatic carbocycles. The topological polar surface area (TPSA) is 12.9 Å². The minimum atomic E-state index is 1.12. The molecule has 0 spiro atoms. The lowest BCUT2D eigenvalue weighted by Crippen LogP contribution is -1.77. The molecule has 0 aliphatic heterocycles. The third-order valence-corrected chi connectivity index (χ3v) is 5.30. The van der Waals surface area contributed by atoms with Gasteiger partial charge in [-0.1, -0.05) is 48.5 Å². The first-order chi connectivity index (χ1) is 10.4. The maximum atomic E-state index is 4.51. The van der Waals surface area contributed by atoms with Crippen LogP contribution in [-0.2, 0) is 0 Å². The van der Waals surface area contributed by atoms with E-state index in [9.17, 15) is 0 Å². The molecule has 0 bridgehead atoms. The number of nitrogens with zero attached hydrogens (tertiary/aromatic N) is 1. The summed E-state index contributed by atoms with van der Waals surface area (Å²) < 4.78 is 1.34. The van der Waals surface area contributed by atoms with Crippen molar-refractivity contribution in [1.29, 1.82) is 0 Å². The van der Waals surface area contributed by atoms with Gasteiger partial charge < -0.3 is 0 Å². The van der Waals surface area contributed by atoms with E-state index < -0.39 is 0 Å². The largest absolute Gasteiger partial charge is 0.245 e. The van der Waals surface area contributed by atoms with Gasteiger partial charge in [0.05, 0.1) is 0 Å². The lowest BCUT2D eigenvalue weighted by atomic mass is 10.0. The molecule has 98 valence electrons. The summed E-state index contributed by atoms with van der Waals surface area (Å²) in [5.41, 5.74) is 0. The van der Waals surface area contributed by atoms with E-state index in [2.05, 4.69) is 59.6 Å². The Kier molecular flexibility index (Phi) is 2.15. The third kappa shape index (κ3) is 1.48. The van der Waals surface area contributed by atoms with Crippen LogP contribution in [0.15, 0.2) is 66.9 Å². The number of benzene rings is 3. The van der Waals surface area contributed by atoms with Crippen LogP contribution in [0.25, 0.3) is 41.8 Å². The quantitative estimate of drug-likeness (QED) is 0.330. The van der Waals surface area contributed by atoms with Gasteiger partial charge in [-0.3, -0.25) is 0 Å². The molecule has 0 aliphatic rings. The van der Waals surface area contributed by atoms with Crippen LogP contribution in [0.1, 0.15) is 0 Å². The molecule has 2 heteroatoms. The molecule has 0 N–H and O–H groups in total. The summed E-state index contributed by atoms with van der Waals surface area (Å²) in [4.78, 5) is 5.62. The molecule has 0 unspecified atom stereocenters. The summed E-state index contributed by atoms with van der Waals surface area (Å²) in [5, 5.41) is 7.84. The molecule has 0 fully saturated rings. The number of pyridine rings is 1. The fraction of sp³-hybridized carbons (Fsp3) is 0. The van der Waals surface area contributed by atoms with Crippen molar-refractivity contribution in [3.63, 3.8) is 0 Å². The Morgan fingerprint density at radius 3 is 2.38 bits per heavy atom. The Bertz CT molecular complexity index is 1140. The van der Waals surface area contributed by atoms with Crippen molar-refractivity contribution in [1.82, 2.24) is 4.98 Å². The maximum absolute atomic E-state index is 4.51. The van der Waals surface area contributed by atoms with Crippen molar-refractivity contribution in [3.8, 4) is 0 Å². The highest BCUT2D eigenvalue weighted by molar-refractivity contribution is 7.26. The summed E-state index contributed by atoms with van der Waals surface area (Å²) in [5.74, 6) is 0. The Morgan fingerprint density at radius 2 is 1.38 bits per heavy atom. The van der Waals surface area contributed by atoms with Crippen molar-refractivity contribution in [3.05, 3.63) is 66.9 Å². The van der Waals surface area contributed by atoms with Gasteiger partial charge in [-0.2, -0.15) is 0 Å². The second-order valence-electron chi connectivity index (χ2n) is 5.28. The number of thiophene rings is 1. The molecular weight excluding hydrogens is 274 g/mol. The van der Waals surface area contributed by atoms with E-state index in [0.29, 0.717) is 0 Å². The molecular formula is C19H11NS. The van der Waals surface area contributed by atoms with Crippen LogP contribution in [0.4, 0.5) is 0 Å². The van der Waals surface area contributed by atoms with Gasteiger partial charge in [0.1, 0.15) is 4.83 Å². The van der Waals surface area contributed by atoms with Gasteiger partial charge >= 0.3 is 0 Å². The van der Waals surface area contributed by atoms with E-state index >= 15 is 0 Å². The molecule has 2 heterocycles. The normalized spacial score (nSPS) is 11.8. The number of rotatable bonds is 0. The zero-order valence-corrected chi connectivity index (χ0v) is 12.0. The van der Waals surface area contributed by atoms with E-state index in [4.69, 9.17) is 0 Å². The number of hydrogen-bond acceptors (Lipinski definition) is 2. The number of fused-ring (bicyclic) bond motifs is 7. The summed E-state index contributed by atoms with van der Waals surface area (Å²) >= 11 is 1.79. The molecule has 0 atom stereocenters. The first-order valence-corrected chi connectivity index (χ1v) is 7.81. The van der Waals surface area contributed by atoms with Crippen LogP contribution in [-0.4, -0.2) is 4.98 Å². The van der Waals surface area contributed by atoms with Gasteiger partial charge in [0, 0.05) is 27.1 Å². The molecule has 0 saturated heterocycles. The van der Waals surface area contributed by atoms with E-state index in [1.807, 2.05) is 12.3 Å². The van der Waals surface area contributed by atoms with Gasteiger partial charge in [-0.25, -0.2) is 4.98 Å². The van der Waals surface area contributed by atoms with Gasteiger partial charge in [0.15, 0.2) is 0 Å². The van der Waals surface area contributed by atoms with Crippen LogP contribution >= 0.6 is 11.3 Å². The molecule has 0 saturated carbocycles. The van der Waals surface area contributed by atoms with Crippen LogP contribution in [0, 0.1) is 0 Å². The predicted octanol–water partition coefficient (Wildman–Crippen LogP) is 5.76. The number of aromatic nitrogens is 1. The Labute approximate surface area is 125 Å². The van der Waals surface area contributed by atoms with Crippen LogP contribution in [0.5, 0.6) is 0 Å². The van der Waals surface area contributed by atoms with Crippen LogP contribution in [0.3, 0.4) is 0 Å². The highest BCUT2D eigenvalue weighted by Gasteiger charge is 2.10. The van der Waals surface area contributed by atoms with E-state index in [1.54, 1.807) is 11.3 Å². The lowest BCUT2D eigenvalue weighted by molar-refractivity contribution is 1.45. The van der Waals surface area contributed by atoms with E-state index in [0.717, 1.165) is 4.83 Å². The van der Waals surface area contributed by atoms with E-state index in [1.165, 1.54) is 37.0 Å². The Balaban J connectivity index is 2.07. The molecule has 2 aromatic heterocycles.